The minimum atomic E-state index is 0.444. The molecule has 2 aliphatic rings. The first kappa shape index (κ1) is 11.3. The maximum atomic E-state index is 5.91. The molecular formula is C13H18ClN3. The summed E-state index contributed by atoms with van der Waals surface area (Å²) in [5.74, 6) is 1.01. The van der Waals surface area contributed by atoms with Crippen molar-refractivity contribution in [3.63, 3.8) is 0 Å². The van der Waals surface area contributed by atoms with Crippen LogP contribution in [-0.4, -0.2) is 24.1 Å². The Hall–Kier alpha value is -0.800. The zero-order valence-corrected chi connectivity index (χ0v) is 10.7. The van der Waals surface area contributed by atoms with Crippen LogP contribution in [0.3, 0.4) is 0 Å². The molecule has 2 N–H and O–H groups in total. The molecule has 3 nitrogen and oxygen atoms in total. The molecule has 1 aliphatic heterocycles. The molecule has 0 aromatic carbocycles. The third-order valence-electron chi connectivity index (χ3n) is 4.23. The first-order valence-corrected chi connectivity index (χ1v) is 6.69. The molecule has 1 spiro atoms. The second kappa shape index (κ2) is 4.14. The van der Waals surface area contributed by atoms with E-state index in [1.54, 1.807) is 6.20 Å². The highest BCUT2D eigenvalue weighted by Crippen LogP contribution is 2.55. The maximum Gasteiger partial charge on any atom is 0.128 e. The van der Waals surface area contributed by atoms with Crippen molar-refractivity contribution in [3.8, 4) is 0 Å². The monoisotopic (exact) mass is 251 g/mol. The smallest absolute Gasteiger partial charge is 0.128 e. The minimum Gasteiger partial charge on any atom is -0.352 e. The summed E-state index contributed by atoms with van der Waals surface area (Å²) < 4.78 is 0. The molecule has 1 aliphatic carbocycles. The van der Waals surface area contributed by atoms with Crippen molar-refractivity contribution >= 4 is 17.4 Å². The van der Waals surface area contributed by atoms with Crippen molar-refractivity contribution in [2.75, 3.05) is 18.0 Å². The zero-order chi connectivity index (χ0) is 11.9. The third kappa shape index (κ3) is 2.14. The van der Waals surface area contributed by atoms with E-state index in [2.05, 4.69) is 9.88 Å². The zero-order valence-electron chi connectivity index (χ0n) is 9.90. The molecule has 0 radical (unpaired) electrons. The Labute approximate surface area is 107 Å². The van der Waals surface area contributed by atoms with Crippen molar-refractivity contribution < 1.29 is 0 Å². The van der Waals surface area contributed by atoms with E-state index >= 15 is 0 Å². The summed E-state index contributed by atoms with van der Waals surface area (Å²) in [4.78, 5) is 6.75. The van der Waals surface area contributed by atoms with Gasteiger partial charge >= 0.3 is 0 Å². The van der Waals surface area contributed by atoms with Gasteiger partial charge in [-0.15, -0.1) is 0 Å². The second-order valence-electron chi connectivity index (χ2n) is 5.37. The lowest BCUT2D eigenvalue weighted by Gasteiger charge is -2.40. The number of piperidine rings is 1. The molecule has 2 fully saturated rings. The summed E-state index contributed by atoms with van der Waals surface area (Å²) in [5, 5.41) is 0.689. The van der Waals surface area contributed by atoms with Crippen LogP contribution < -0.4 is 10.6 Å². The molecule has 1 aromatic rings. The van der Waals surface area contributed by atoms with E-state index in [9.17, 15) is 0 Å². The van der Waals surface area contributed by atoms with E-state index in [-0.39, 0.29) is 0 Å². The Morgan fingerprint density at radius 2 is 2.24 bits per heavy atom. The maximum absolute atomic E-state index is 5.91. The quantitative estimate of drug-likeness (QED) is 0.878. The van der Waals surface area contributed by atoms with Gasteiger partial charge in [0.25, 0.3) is 0 Å². The van der Waals surface area contributed by atoms with Gasteiger partial charge in [-0.3, -0.25) is 0 Å². The van der Waals surface area contributed by atoms with Crippen LogP contribution in [0.1, 0.15) is 25.7 Å². The van der Waals surface area contributed by atoms with E-state index in [1.165, 1.54) is 25.7 Å². The molecule has 1 unspecified atom stereocenters. The third-order valence-corrected chi connectivity index (χ3v) is 4.45. The highest BCUT2D eigenvalue weighted by atomic mass is 35.5. The van der Waals surface area contributed by atoms with Crippen LogP contribution in [0, 0.1) is 5.41 Å². The summed E-state index contributed by atoms with van der Waals surface area (Å²) in [5.41, 5.74) is 6.55. The van der Waals surface area contributed by atoms with Gasteiger partial charge in [0.1, 0.15) is 5.82 Å². The standard InChI is InChI=1S/C13H18ClN3/c14-10-1-2-12(16-9-10)17-6-5-13(3-4-13)7-11(17)8-15/h1-2,9,11H,3-8,15H2. The van der Waals surface area contributed by atoms with Crippen LogP contribution in [-0.2, 0) is 0 Å². The van der Waals surface area contributed by atoms with Gasteiger partial charge in [-0.25, -0.2) is 4.98 Å². The van der Waals surface area contributed by atoms with Gasteiger partial charge in [0.05, 0.1) is 5.02 Å². The fourth-order valence-electron chi connectivity index (χ4n) is 2.93. The minimum absolute atomic E-state index is 0.444. The summed E-state index contributed by atoms with van der Waals surface area (Å²) >= 11 is 5.87. The summed E-state index contributed by atoms with van der Waals surface area (Å²) in [7, 11) is 0. The normalized spacial score (nSPS) is 26.2. The fraction of sp³-hybridized carbons (Fsp3) is 0.615. The average Bonchev–Trinajstić information content (AvgIpc) is 3.10. The highest BCUT2D eigenvalue weighted by Gasteiger charge is 2.47. The second-order valence-corrected chi connectivity index (χ2v) is 5.81. The number of rotatable bonds is 2. The molecule has 0 amide bonds. The van der Waals surface area contributed by atoms with Crippen molar-refractivity contribution in [1.29, 1.82) is 0 Å². The van der Waals surface area contributed by atoms with E-state index in [0.29, 0.717) is 23.0 Å². The van der Waals surface area contributed by atoms with E-state index < -0.39 is 0 Å². The van der Waals surface area contributed by atoms with Gasteiger partial charge in [-0.2, -0.15) is 0 Å². The molecule has 1 saturated heterocycles. The average molecular weight is 252 g/mol. The van der Waals surface area contributed by atoms with Gasteiger partial charge in [0, 0.05) is 25.3 Å². The topological polar surface area (TPSA) is 42.1 Å². The van der Waals surface area contributed by atoms with Crippen LogP contribution in [0.4, 0.5) is 5.82 Å². The highest BCUT2D eigenvalue weighted by molar-refractivity contribution is 6.30. The first-order chi connectivity index (χ1) is 8.22. The number of halogens is 1. The van der Waals surface area contributed by atoms with Crippen molar-refractivity contribution in [2.45, 2.75) is 31.7 Å². The lowest BCUT2D eigenvalue weighted by molar-refractivity contribution is 0.322. The molecule has 17 heavy (non-hydrogen) atoms. The predicted octanol–water partition coefficient (Wildman–Crippen LogP) is 2.44. The van der Waals surface area contributed by atoms with E-state index in [4.69, 9.17) is 17.3 Å². The van der Waals surface area contributed by atoms with Gasteiger partial charge in [-0.1, -0.05) is 11.6 Å². The molecule has 4 heteroatoms. The Balaban J connectivity index is 1.79. The number of aromatic nitrogens is 1. The molecule has 2 heterocycles. The summed E-state index contributed by atoms with van der Waals surface area (Å²) in [6, 6.07) is 4.34. The van der Waals surface area contributed by atoms with Crippen LogP contribution in [0.25, 0.3) is 0 Å². The number of hydrogen-bond acceptors (Lipinski definition) is 3. The molecule has 1 saturated carbocycles. The fourth-order valence-corrected chi connectivity index (χ4v) is 3.05. The Morgan fingerprint density at radius 1 is 1.41 bits per heavy atom. The van der Waals surface area contributed by atoms with Crippen LogP contribution >= 0.6 is 11.6 Å². The van der Waals surface area contributed by atoms with Crippen LogP contribution in [0.5, 0.6) is 0 Å². The Bertz CT molecular complexity index is 400. The van der Waals surface area contributed by atoms with Crippen molar-refractivity contribution in [1.82, 2.24) is 4.98 Å². The van der Waals surface area contributed by atoms with Gasteiger partial charge < -0.3 is 10.6 Å². The molecule has 1 atom stereocenters. The van der Waals surface area contributed by atoms with Gasteiger partial charge in [-0.05, 0) is 43.2 Å². The number of anilines is 1. The predicted molar refractivity (Wildman–Crippen MR) is 70.3 cm³/mol. The summed E-state index contributed by atoms with van der Waals surface area (Å²) in [6.45, 7) is 1.79. The number of nitrogens with zero attached hydrogens (tertiary/aromatic N) is 2. The summed E-state index contributed by atoms with van der Waals surface area (Å²) in [6.07, 6.45) is 7.02. The number of nitrogens with two attached hydrogens (primary N) is 1. The Kier molecular flexibility index (Phi) is 2.75. The number of pyridine rings is 1. The van der Waals surface area contributed by atoms with Gasteiger partial charge in [0.2, 0.25) is 0 Å². The van der Waals surface area contributed by atoms with Crippen molar-refractivity contribution in [3.05, 3.63) is 23.4 Å². The lowest BCUT2D eigenvalue weighted by atomic mass is 9.88. The molecule has 92 valence electrons. The molecule has 0 bridgehead atoms. The largest absolute Gasteiger partial charge is 0.352 e. The van der Waals surface area contributed by atoms with Crippen LogP contribution in [0.2, 0.25) is 5.02 Å². The molecular weight excluding hydrogens is 234 g/mol. The van der Waals surface area contributed by atoms with Gasteiger partial charge in [0.15, 0.2) is 0 Å². The van der Waals surface area contributed by atoms with E-state index in [1.807, 2.05) is 12.1 Å². The van der Waals surface area contributed by atoms with Crippen LogP contribution in [0.15, 0.2) is 18.3 Å². The molecule has 1 aromatic heterocycles. The molecule has 3 rings (SSSR count). The van der Waals surface area contributed by atoms with Crippen molar-refractivity contribution in [2.24, 2.45) is 11.1 Å². The van der Waals surface area contributed by atoms with E-state index in [0.717, 1.165) is 12.4 Å². The Morgan fingerprint density at radius 3 is 2.82 bits per heavy atom. The first-order valence-electron chi connectivity index (χ1n) is 6.31. The number of hydrogen-bond donors (Lipinski definition) is 1. The lowest BCUT2D eigenvalue weighted by Crippen LogP contribution is -2.47. The SMILES string of the molecule is NCC1CC2(CCN1c1ccc(Cl)cn1)CC2.